The van der Waals surface area contributed by atoms with Crippen LogP contribution in [0.4, 0.5) is 15.9 Å². The number of aromatic nitrogens is 2. The smallest absolute Gasteiger partial charge is 0.287 e. The summed E-state index contributed by atoms with van der Waals surface area (Å²) in [6, 6.07) is 11.0. The molecule has 0 bridgehead atoms. The molecule has 4 rings (SSSR count). The molecule has 0 aliphatic rings. The van der Waals surface area contributed by atoms with Crippen molar-refractivity contribution in [3.8, 4) is 0 Å². The van der Waals surface area contributed by atoms with E-state index in [0.29, 0.717) is 5.02 Å². The molecular weight excluding hydrogens is 555 g/mol. The molecule has 0 aliphatic heterocycles. The number of anilines is 1. The van der Waals surface area contributed by atoms with Crippen LogP contribution >= 0.6 is 11.6 Å². The standard InChI is InChI=1S/C24H20ClFN6O6S/c25-15-3-1-14(2-4-15)11-30-24(34)19-13-29-22-18(23(19)33)9-17(10-20(22)26)39(37,38)31-8-7-27-21-6-5-16(12-28-21)32(35)36/h1-6,9-10,12-13,31H,7-8,11H2,(H,27,28)(H,29,33)(H,30,34). The molecule has 202 valence electrons. The van der Waals surface area contributed by atoms with Crippen LogP contribution in [0.5, 0.6) is 0 Å². The van der Waals surface area contributed by atoms with Gasteiger partial charge in [-0.05, 0) is 35.9 Å². The van der Waals surface area contributed by atoms with Gasteiger partial charge in [-0.15, -0.1) is 0 Å². The molecule has 0 saturated heterocycles. The van der Waals surface area contributed by atoms with E-state index >= 15 is 0 Å². The van der Waals surface area contributed by atoms with Gasteiger partial charge in [0.15, 0.2) is 0 Å². The number of hydrogen-bond donors (Lipinski definition) is 4. The van der Waals surface area contributed by atoms with Crippen LogP contribution in [0.1, 0.15) is 15.9 Å². The third-order valence-corrected chi connectivity index (χ3v) is 7.21. The van der Waals surface area contributed by atoms with Crippen molar-refractivity contribution in [1.29, 1.82) is 0 Å². The summed E-state index contributed by atoms with van der Waals surface area (Å²) < 4.78 is 42.6. The van der Waals surface area contributed by atoms with Crippen LogP contribution in [-0.4, -0.2) is 42.3 Å². The van der Waals surface area contributed by atoms with Crippen LogP contribution in [0.3, 0.4) is 0 Å². The number of nitro groups is 1. The van der Waals surface area contributed by atoms with E-state index in [4.69, 9.17) is 11.6 Å². The van der Waals surface area contributed by atoms with Gasteiger partial charge >= 0.3 is 0 Å². The molecule has 2 aromatic heterocycles. The largest absolute Gasteiger partial charge is 0.369 e. The molecule has 0 fully saturated rings. The second-order valence-electron chi connectivity index (χ2n) is 8.15. The summed E-state index contributed by atoms with van der Waals surface area (Å²) in [6.45, 7) is 0.00634. The van der Waals surface area contributed by atoms with E-state index in [9.17, 15) is 32.5 Å². The number of benzene rings is 2. The molecule has 0 atom stereocenters. The number of pyridine rings is 2. The molecule has 2 aromatic carbocycles. The summed E-state index contributed by atoms with van der Waals surface area (Å²) in [5.74, 6) is -1.44. The molecule has 0 unspecified atom stereocenters. The first-order chi connectivity index (χ1) is 18.5. The highest BCUT2D eigenvalue weighted by molar-refractivity contribution is 7.89. The highest BCUT2D eigenvalue weighted by Gasteiger charge is 2.20. The zero-order valence-electron chi connectivity index (χ0n) is 19.9. The van der Waals surface area contributed by atoms with Crippen molar-refractivity contribution in [3.63, 3.8) is 0 Å². The third-order valence-electron chi connectivity index (χ3n) is 5.52. The molecule has 39 heavy (non-hydrogen) atoms. The van der Waals surface area contributed by atoms with Crippen molar-refractivity contribution < 1.29 is 22.5 Å². The van der Waals surface area contributed by atoms with Gasteiger partial charge in [0.25, 0.3) is 11.6 Å². The number of halogens is 2. The van der Waals surface area contributed by atoms with Crippen LogP contribution in [0.15, 0.2) is 70.6 Å². The van der Waals surface area contributed by atoms with Crippen molar-refractivity contribution in [2.24, 2.45) is 0 Å². The number of rotatable bonds is 10. The van der Waals surface area contributed by atoms with Gasteiger partial charge < -0.3 is 15.6 Å². The summed E-state index contributed by atoms with van der Waals surface area (Å²) in [6.07, 6.45) is 2.11. The average Bonchev–Trinajstić information content (AvgIpc) is 2.91. The summed E-state index contributed by atoms with van der Waals surface area (Å²) in [7, 11) is -4.25. The predicted octanol–water partition coefficient (Wildman–Crippen LogP) is 2.94. The lowest BCUT2D eigenvalue weighted by Gasteiger charge is -2.10. The topological polar surface area (TPSA) is 176 Å². The van der Waals surface area contributed by atoms with Crippen LogP contribution in [0.25, 0.3) is 10.9 Å². The molecular formula is C24H20ClFN6O6S. The summed E-state index contributed by atoms with van der Waals surface area (Å²) in [4.78, 5) is 41.6. The lowest BCUT2D eigenvalue weighted by Crippen LogP contribution is -2.30. The fourth-order valence-corrected chi connectivity index (χ4v) is 4.72. The summed E-state index contributed by atoms with van der Waals surface area (Å²) in [5.41, 5.74) is -0.886. The van der Waals surface area contributed by atoms with Crippen LogP contribution in [0.2, 0.25) is 5.02 Å². The zero-order valence-corrected chi connectivity index (χ0v) is 21.5. The fraction of sp³-hybridized carbons (Fsp3) is 0.125. The van der Waals surface area contributed by atoms with Crippen molar-refractivity contribution in [1.82, 2.24) is 20.0 Å². The van der Waals surface area contributed by atoms with E-state index in [-0.39, 0.29) is 47.6 Å². The minimum Gasteiger partial charge on any atom is -0.369 e. The van der Waals surface area contributed by atoms with Crippen LogP contribution in [0, 0.1) is 15.9 Å². The minimum atomic E-state index is -4.25. The van der Waals surface area contributed by atoms with Crippen molar-refractivity contribution in [2.75, 3.05) is 18.4 Å². The number of hydrogen-bond acceptors (Lipinski definition) is 8. The molecule has 1 amide bonds. The Kier molecular flexibility index (Phi) is 8.18. The molecule has 4 aromatic rings. The van der Waals surface area contributed by atoms with E-state index in [1.54, 1.807) is 24.3 Å². The molecule has 2 heterocycles. The van der Waals surface area contributed by atoms with Gasteiger partial charge in [-0.2, -0.15) is 0 Å². The molecule has 0 saturated carbocycles. The number of amides is 1. The Hall–Kier alpha value is -4.40. The molecule has 15 heteroatoms. The van der Waals surface area contributed by atoms with Gasteiger partial charge in [0, 0.05) is 36.9 Å². The highest BCUT2D eigenvalue weighted by Crippen LogP contribution is 2.20. The Morgan fingerprint density at radius 2 is 1.87 bits per heavy atom. The monoisotopic (exact) mass is 574 g/mol. The molecule has 12 nitrogen and oxygen atoms in total. The number of fused-ring (bicyclic) bond motifs is 1. The van der Waals surface area contributed by atoms with Crippen molar-refractivity contribution >= 4 is 49.9 Å². The average molecular weight is 575 g/mol. The van der Waals surface area contributed by atoms with Gasteiger partial charge in [0.05, 0.1) is 20.7 Å². The number of carbonyl (C=O) groups is 1. The van der Waals surface area contributed by atoms with Crippen LogP contribution < -0.4 is 20.8 Å². The minimum absolute atomic E-state index is 0.0542. The maximum absolute atomic E-state index is 14.7. The van der Waals surface area contributed by atoms with E-state index in [1.807, 2.05) is 0 Å². The lowest BCUT2D eigenvalue weighted by molar-refractivity contribution is -0.385. The van der Waals surface area contributed by atoms with Gasteiger partial charge in [0.2, 0.25) is 15.5 Å². The van der Waals surface area contributed by atoms with Crippen molar-refractivity contribution in [3.05, 3.63) is 103 Å². The Labute approximate surface area is 225 Å². The summed E-state index contributed by atoms with van der Waals surface area (Å²) in [5, 5.41) is 16.3. The zero-order chi connectivity index (χ0) is 28.2. The van der Waals surface area contributed by atoms with Gasteiger partial charge in [-0.1, -0.05) is 23.7 Å². The van der Waals surface area contributed by atoms with Crippen LogP contribution in [-0.2, 0) is 16.6 Å². The van der Waals surface area contributed by atoms with E-state index < -0.39 is 37.0 Å². The second-order valence-corrected chi connectivity index (χ2v) is 10.4. The maximum atomic E-state index is 14.7. The van der Waals surface area contributed by atoms with E-state index in [0.717, 1.165) is 30.1 Å². The third kappa shape index (κ3) is 6.54. The number of aromatic amines is 1. The quantitative estimate of drug-likeness (QED) is 0.127. The Balaban J connectivity index is 1.47. The number of sulfonamides is 1. The first-order valence-electron chi connectivity index (χ1n) is 11.3. The lowest BCUT2D eigenvalue weighted by atomic mass is 10.1. The molecule has 4 N–H and O–H groups in total. The first-order valence-corrected chi connectivity index (χ1v) is 13.1. The number of nitrogens with one attached hydrogen (secondary N) is 4. The Morgan fingerprint density at radius 3 is 2.54 bits per heavy atom. The molecule has 0 radical (unpaired) electrons. The van der Waals surface area contributed by atoms with Gasteiger partial charge in [-0.25, -0.2) is 22.5 Å². The Morgan fingerprint density at radius 1 is 1.13 bits per heavy atom. The number of nitrogens with zero attached hydrogens (tertiary/aromatic N) is 2. The normalized spacial score (nSPS) is 11.3. The van der Waals surface area contributed by atoms with Gasteiger partial charge in [0.1, 0.15) is 23.4 Å². The number of H-pyrrole nitrogens is 1. The van der Waals surface area contributed by atoms with E-state index in [1.165, 1.54) is 12.1 Å². The van der Waals surface area contributed by atoms with E-state index in [2.05, 4.69) is 25.3 Å². The Bertz CT molecular complexity index is 1710. The molecule has 0 aliphatic carbocycles. The molecule has 0 spiro atoms. The fourth-order valence-electron chi connectivity index (χ4n) is 3.52. The van der Waals surface area contributed by atoms with Crippen molar-refractivity contribution in [2.45, 2.75) is 11.4 Å². The SMILES string of the molecule is O=C(NCc1ccc(Cl)cc1)c1c[nH]c2c(F)cc(S(=O)(=O)NCCNc3ccc([N+](=O)[O-])cn3)cc2c1=O. The predicted molar refractivity (Wildman–Crippen MR) is 142 cm³/mol. The highest BCUT2D eigenvalue weighted by atomic mass is 35.5. The summed E-state index contributed by atoms with van der Waals surface area (Å²) >= 11 is 5.84. The second kappa shape index (κ2) is 11.6. The van der Waals surface area contributed by atoms with Gasteiger partial charge in [-0.3, -0.25) is 19.7 Å². The number of carbonyl (C=O) groups excluding carboxylic acids is 1. The maximum Gasteiger partial charge on any atom is 0.287 e. The first kappa shape index (κ1) is 27.6.